The minimum Gasteiger partial charge on any atom is -0.445 e. The van der Waals surface area contributed by atoms with E-state index in [1.165, 1.54) is 4.90 Å². The smallest absolute Gasteiger partial charge is 0.409 e. The number of Topliss-reactive ketones (excluding diaryl/α,β-unsaturated/α-hetero) is 1. The fourth-order valence-electron chi connectivity index (χ4n) is 4.36. The van der Waals surface area contributed by atoms with Crippen LogP contribution in [-0.2, 0) is 30.4 Å². The Morgan fingerprint density at radius 1 is 0.978 bits per heavy atom. The lowest BCUT2D eigenvalue weighted by Gasteiger charge is -2.26. The Labute approximate surface area is 267 Å². The molecule has 0 radical (unpaired) electrons. The lowest BCUT2D eigenvalue weighted by Crippen LogP contribution is -2.47. The molecule has 5 amide bonds. The van der Waals surface area contributed by atoms with Crippen LogP contribution < -0.4 is 21.7 Å². The zero-order chi connectivity index (χ0) is 34.0. The van der Waals surface area contributed by atoms with Crippen LogP contribution >= 0.6 is 0 Å². The molecule has 0 fully saturated rings. The first kappa shape index (κ1) is 39.2. The molecule has 0 bridgehead atoms. The molecule has 13 heteroatoms. The number of benzene rings is 1. The number of rotatable bonds is 19. The van der Waals surface area contributed by atoms with Crippen molar-refractivity contribution in [3.8, 4) is 0 Å². The first-order valence-electron chi connectivity index (χ1n) is 15.4. The molecule has 0 saturated heterocycles. The number of amides is 5. The minimum atomic E-state index is -0.851. The summed E-state index contributed by atoms with van der Waals surface area (Å²) in [6, 6.07) is 5.33. The van der Waals surface area contributed by atoms with Crippen LogP contribution in [0.1, 0.15) is 78.7 Å². The van der Waals surface area contributed by atoms with Crippen molar-refractivity contribution in [1.29, 1.82) is 0 Å². The molecule has 0 aliphatic rings. The molecule has 1 rings (SSSR count). The highest BCUT2D eigenvalue weighted by Crippen LogP contribution is 2.20. The number of anilines is 1. The van der Waals surface area contributed by atoms with Crippen LogP contribution in [0.25, 0.3) is 0 Å². The van der Waals surface area contributed by atoms with Crippen LogP contribution in [0, 0.1) is 11.8 Å². The topological polar surface area (TPSA) is 178 Å². The van der Waals surface area contributed by atoms with Crippen LogP contribution in [0.5, 0.6) is 0 Å². The van der Waals surface area contributed by atoms with Gasteiger partial charge in [-0.25, -0.2) is 14.4 Å². The van der Waals surface area contributed by atoms with Gasteiger partial charge in [0.25, 0.3) is 0 Å². The van der Waals surface area contributed by atoms with E-state index in [1.54, 1.807) is 73.0 Å². The van der Waals surface area contributed by atoms with E-state index >= 15 is 0 Å². The van der Waals surface area contributed by atoms with E-state index in [-0.39, 0.29) is 37.2 Å². The summed E-state index contributed by atoms with van der Waals surface area (Å²) in [5, 5.41) is 7.97. The van der Waals surface area contributed by atoms with Gasteiger partial charge in [0.2, 0.25) is 5.91 Å². The van der Waals surface area contributed by atoms with E-state index in [1.807, 2.05) is 0 Å². The Morgan fingerprint density at radius 3 is 2.22 bits per heavy atom. The van der Waals surface area contributed by atoms with E-state index in [4.69, 9.17) is 19.9 Å². The third-order valence-electron chi connectivity index (χ3n) is 6.77. The highest BCUT2D eigenvalue weighted by atomic mass is 16.6. The summed E-state index contributed by atoms with van der Waals surface area (Å²) in [5.41, 5.74) is 5.66. The molecule has 2 atom stereocenters. The van der Waals surface area contributed by atoms with Crippen LogP contribution in [0.3, 0.4) is 0 Å². The number of methoxy groups -OCH3 is 1. The quantitative estimate of drug-likeness (QED) is 0.160. The van der Waals surface area contributed by atoms with Gasteiger partial charge >= 0.3 is 18.2 Å². The monoisotopic (exact) mass is 635 g/mol. The van der Waals surface area contributed by atoms with Crippen LogP contribution in [0.2, 0.25) is 0 Å². The number of nitrogens with two attached hydrogens (primary N) is 1. The highest BCUT2D eigenvalue weighted by Gasteiger charge is 2.31. The number of carbonyl (C=O) groups excluding carboxylic acids is 5. The molecule has 254 valence electrons. The fraction of sp³-hybridized carbons (Fsp3) is 0.656. The van der Waals surface area contributed by atoms with Gasteiger partial charge in [0.05, 0.1) is 6.04 Å². The average molecular weight is 636 g/mol. The third kappa shape index (κ3) is 17.3. The predicted molar refractivity (Wildman–Crippen MR) is 172 cm³/mol. The number of hydrogen-bond donors (Lipinski definition) is 4. The molecule has 0 unspecified atom stereocenters. The zero-order valence-corrected chi connectivity index (χ0v) is 27.9. The van der Waals surface area contributed by atoms with Crippen molar-refractivity contribution in [2.45, 2.75) is 91.4 Å². The maximum absolute atomic E-state index is 13.3. The first-order valence-corrected chi connectivity index (χ1v) is 15.4. The number of nitrogens with zero attached hydrogens (tertiary/aromatic N) is 1. The number of nitrogens with one attached hydrogen (secondary N) is 3. The van der Waals surface area contributed by atoms with Crippen molar-refractivity contribution in [3.63, 3.8) is 0 Å². The molecule has 45 heavy (non-hydrogen) atoms. The fourth-order valence-corrected chi connectivity index (χ4v) is 4.36. The SMILES string of the molecule is COCCCCCN(C)C(=O)OCc1ccc(NC(=O)[C@H](CCCNC(N)=O)CC(=O)[C@@H](NC(=O)OC(C)(C)C)C(C)C)cc1. The van der Waals surface area contributed by atoms with Crippen molar-refractivity contribution < 1.29 is 38.2 Å². The number of primary amides is 1. The van der Waals surface area contributed by atoms with Gasteiger partial charge in [0.15, 0.2) is 5.78 Å². The van der Waals surface area contributed by atoms with Crippen LogP contribution in [0.15, 0.2) is 24.3 Å². The molecule has 0 spiro atoms. The summed E-state index contributed by atoms with van der Waals surface area (Å²) < 4.78 is 15.7. The number of urea groups is 1. The van der Waals surface area contributed by atoms with Gasteiger partial charge in [-0.15, -0.1) is 0 Å². The lowest BCUT2D eigenvalue weighted by atomic mass is 9.89. The summed E-state index contributed by atoms with van der Waals surface area (Å²) in [6.07, 6.45) is 2.20. The molecule has 0 saturated carbocycles. The standard InChI is InChI=1S/C32H53N5O8/c1-22(2)27(36-30(41)45-32(3,4)5)26(38)20-24(12-11-17-34-29(33)40)28(39)35-25-15-13-23(14-16-25)21-44-31(42)37(6)18-9-8-10-19-43-7/h13-16,22,24,27H,8-12,17-21H2,1-7H3,(H,35,39)(H,36,41)(H3,33,34,40)/t24-,27+/m1/s1. The largest absolute Gasteiger partial charge is 0.445 e. The average Bonchev–Trinajstić information content (AvgIpc) is 2.95. The van der Waals surface area contributed by atoms with Gasteiger partial charge in [-0.3, -0.25) is 9.59 Å². The number of alkyl carbamates (subject to hydrolysis) is 1. The van der Waals surface area contributed by atoms with Gasteiger partial charge < -0.3 is 40.8 Å². The maximum atomic E-state index is 13.3. The molecule has 5 N–H and O–H groups in total. The minimum absolute atomic E-state index is 0.0757. The summed E-state index contributed by atoms with van der Waals surface area (Å²) in [6.45, 7) is 10.4. The van der Waals surface area contributed by atoms with Crippen molar-refractivity contribution >= 4 is 35.6 Å². The molecule has 0 aliphatic carbocycles. The molecule has 1 aromatic carbocycles. The van der Waals surface area contributed by atoms with Crippen LogP contribution in [-0.4, -0.2) is 80.3 Å². The summed E-state index contributed by atoms with van der Waals surface area (Å²) in [4.78, 5) is 63.9. The van der Waals surface area contributed by atoms with E-state index in [2.05, 4.69) is 16.0 Å². The van der Waals surface area contributed by atoms with Gasteiger partial charge in [0, 0.05) is 51.9 Å². The molecule has 1 aromatic rings. The zero-order valence-electron chi connectivity index (χ0n) is 27.9. The second-order valence-electron chi connectivity index (χ2n) is 12.4. The van der Waals surface area contributed by atoms with Crippen LogP contribution in [0.4, 0.5) is 20.1 Å². The Hall–Kier alpha value is -3.87. The molecule has 0 aromatic heterocycles. The summed E-state index contributed by atoms with van der Waals surface area (Å²) >= 11 is 0. The number of carbonyl (C=O) groups is 5. The molecule has 13 nitrogen and oxygen atoms in total. The van der Waals surface area contributed by atoms with Crippen molar-refractivity contribution in [1.82, 2.24) is 15.5 Å². The first-order chi connectivity index (χ1) is 21.1. The van der Waals surface area contributed by atoms with E-state index < -0.39 is 35.8 Å². The molecular formula is C32H53N5O8. The van der Waals surface area contributed by atoms with Crippen molar-refractivity contribution in [3.05, 3.63) is 29.8 Å². The maximum Gasteiger partial charge on any atom is 0.409 e. The highest BCUT2D eigenvalue weighted by molar-refractivity contribution is 5.97. The Morgan fingerprint density at radius 2 is 1.64 bits per heavy atom. The number of unbranched alkanes of at least 4 members (excludes halogenated alkanes) is 2. The van der Waals surface area contributed by atoms with Crippen molar-refractivity contribution in [2.75, 3.05) is 39.2 Å². The lowest BCUT2D eigenvalue weighted by molar-refractivity contribution is -0.128. The third-order valence-corrected chi connectivity index (χ3v) is 6.77. The Bertz CT molecular complexity index is 1090. The summed E-state index contributed by atoms with van der Waals surface area (Å²) in [5.74, 6) is -1.67. The predicted octanol–water partition coefficient (Wildman–Crippen LogP) is 4.58. The van der Waals surface area contributed by atoms with Crippen molar-refractivity contribution in [2.24, 2.45) is 17.6 Å². The van der Waals surface area contributed by atoms with E-state index in [9.17, 15) is 24.0 Å². The van der Waals surface area contributed by atoms with Gasteiger partial charge in [-0.1, -0.05) is 26.0 Å². The molecule has 0 heterocycles. The van der Waals surface area contributed by atoms with E-state index in [0.717, 1.165) is 24.8 Å². The second-order valence-corrected chi connectivity index (χ2v) is 12.4. The van der Waals surface area contributed by atoms with Gasteiger partial charge in [-0.2, -0.15) is 0 Å². The van der Waals surface area contributed by atoms with Gasteiger partial charge in [0.1, 0.15) is 12.2 Å². The van der Waals surface area contributed by atoms with E-state index in [0.29, 0.717) is 31.7 Å². The normalized spacial score (nSPS) is 12.5. The van der Waals surface area contributed by atoms with Gasteiger partial charge in [-0.05, 0) is 76.5 Å². The number of ketones is 1. The second kappa shape index (κ2) is 20.2. The molecular weight excluding hydrogens is 582 g/mol. The summed E-state index contributed by atoms with van der Waals surface area (Å²) in [7, 11) is 3.36. The Kier molecular flexibility index (Phi) is 17.6. The number of ether oxygens (including phenoxy) is 3. The molecule has 0 aliphatic heterocycles. The Balaban J connectivity index is 2.82. The number of hydrogen-bond acceptors (Lipinski definition) is 8.